The molecule has 0 spiro atoms. The number of phenols is 4. The minimum absolute atomic E-state index is 0.0218. The number of methoxy groups -OCH3 is 3. The fraction of sp³-hybridized carbons (Fsp3) is 0.278. The van der Waals surface area contributed by atoms with E-state index in [0.717, 1.165) is 0 Å². The lowest BCUT2D eigenvalue weighted by Crippen LogP contribution is -2.42. The number of aryl methyl sites for hydroxylation is 2. The number of nitrogens with zero attached hydrogens (tertiary/aromatic N) is 2. The Morgan fingerprint density at radius 3 is 1.80 bits per heavy atom. The third-order valence-corrected chi connectivity index (χ3v) is 9.60. The summed E-state index contributed by atoms with van der Waals surface area (Å²) < 4.78 is 26.3. The van der Waals surface area contributed by atoms with Gasteiger partial charge in [0.25, 0.3) is 0 Å². The zero-order chi connectivity index (χ0) is 35.4. The lowest BCUT2D eigenvalue weighted by molar-refractivity contribution is -0.0300. The summed E-state index contributed by atoms with van der Waals surface area (Å²) >= 11 is 0. The van der Waals surface area contributed by atoms with Gasteiger partial charge in [-0.25, -0.2) is 0 Å². The van der Waals surface area contributed by atoms with Gasteiger partial charge < -0.3 is 53.6 Å². The highest BCUT2D eigenvalue weighted by Crippen LogP contribution is 2.55. The molecule has 0 amide bonds. The lowest BCUT2D eigenvalue weighted by Gasteiger charge is -2.31. The van der Waals surface area contributed by atoms with Crippen LogP contribution in [-0.4, -0.2) is 67.7 Å². The topological polar surface area (TPSA) is 182 Å². The maximum absolute atomic E-state index is 14.2. The Morgan fingerprint density at radius 2 is 1.27 bits per heavy atom. The van der Waals surface area contributed by atoms with Crippen LogP contribution in [0.1, 0.15) is 30.9 Å². The molecule has 3 heterocycles. The maximum atomic E-state index is 14.2. The molecule has 254 valence electrons. The quantitative estimate of drug-likeness (QED) is 0.166. The number of benzene rings is 4. The zero-order valence-corrected chi connectivity index (χ0v) is 27.7. The standard InChI is InChI=1S/C36H34N2O11/c1-36(2,45)35-26(24-21(49-35)13-19(41)23-29(24)38(4)28-15(31(23)43)9-11-18(40)34(28)48-7)25-20(46-5)12-16-22(32(25)44)30(42)14-8-10-17(39)33(47-6)27(14)37(16)3/h8-13,26,35,39-41,44-45H,1-7H3/t26-,35+/m1/s1. The molecule has 1 aliphatic rings. The van der Waals surface area contributed by atoms with Gasteiger partial charge in [0.15, 0.2) is 23.0 Å². The summed E-state index contributed by atoms with van der Waals surface area (Å²) in [6, 6.07) is 8.38. The summed E-state index contributed by atoms with van der Waals surface area (Å²) in [6.45, 7) is 3.04. The van der Waals surface area contributed by atoms with E-state index in [9.17, 15) is 35.1 Å². The molecule has 4 aromatic carbocycles. The molecule has 13 nitrogen and oxygen atoms in total. The van der Waals surface area contributed by atoms with E-state index in [0.29, 0.717) is 11.1 Å². The summed E-state index contributed by atoms with van der Waals surface area (Å²) in [4.78, 5) is 28.3. The van der Waals surface area contributed by atoms with Gasteiger partial charge in [-0.15, -0.1) is 0 Å². The SMILES string of the molecule is COc1cc2c(c(O)c1[C@H]1c3c(cc(O)c4c(=O)c5ccc(O)c(OC)c5n(C)c34)O[C@@H]1C(C)(C)O)c(=O)c1ccc(O)c(OC)c1n2C. The minimum atomic E-state index is -1.59. The number of aromatic hydroxyl groups is 4. The predicted molar refractivity (Wildman–Crippen MR) is 182 cm³/mol. The summed E-state index contributed by atoms with van der Waals surface area (Å²) in [5.74, 6) is -1.99. The van der Waals surface area contributed by atoms with Gasteiger partial charge in [0.05, 0.1) is 76.5 Å². The van der Waals surface area contributed by atoms with Crippen LogP contribution < -0.4 is 29.8 Å². The first-order chi connectivity index (χ1) is 23.2. The van der Waals surface area contributed by atoms with Crippen LogP contribution in [-0.2, 0) is 14.1 Å². The average molecular weight is 671 g/mol. The molecule has 49 heavy (non-hydrogen) atoms. The fourth-order valence-electron chi connectivity index (χ4n) is 7.48. The van der Waals surface area contributed by atoms with E-state index in [1.165, 1.54) is 65.5 Å². The molecule has 0 saturated carbocycles. The highest BCUT2D eigenvalue weighted by Gasteiger charge is 2.49. The van der Waals surface area contributed by atoms with Crippen molar-refractivity contribution in [3.05, 3.63) is 68.0 Å². The second-order valence-electron chi connectivity index (χ2n) is 12.7. The number of pyridine rings is 2. The third-order valence-electron chi connectivity index (χ3n) is 9.60. The van der Waals surface area contributed by atoms with Crippen LogP contribution in [0.15, 0.2) is 46.0 Å². The summed E-state index contributed by atoms with van der Waals surface area (Å²) in [5.41, 5.74) is -1.36. The van der Waals surface area contributed by atoms with Crippen molar-refractivity contribution in [3.8, 4) is 46.0 Å². The van der Waals surface area contributed by atoms with E-state index in [1.807, 2.05) is 0 Å². The Morgan fingerprint density at radius 1 is 0.714 bits per heavy atom. The van der Waals surface area contributed by atoms with E-state index in [-0.39, 0.29) is 83.9 Å². The van der Waals surface area contributed by atoms with Crippen LogP contribution >= 0.6 is 0 Å². The molecular weight excluding hydrogens is 636 g/mol. The number of hydrogen-bond donors (Lipinski definition) is 5. The van der Waals surface area contributed by atoms with Crippen molar-refractivity contribution in [1.82, 2.24) is 9.13 Å². The Balaban J connectivity index is 1.68. The van der Waals surface area contributed by atoms with Crippen LogP contribution in [0.4, 0.5) is 0 Å². The van der Waals surface area contributed by atoms with Crippen LogP contribution in [0.2, 0.25) is 0 Å². The number of rotatable bonds is 5. The van der Waals surface area contributed by atoms with Crippen molar-refractivity contribution in [3.63, 3.8) is 0 Å². The van der Waals surface area contributed by atoms with Gasteiger partial charge in [-0.05, 0) is 38.1 Å². The number of aromatic nitrogens is 2. The van der Waals surface area contributed by atoms with E-state index in [2.05, 4.69) is 0 Å². The van der Waals surface area contributed by atoms with Gasteiger partial charge in [-0.3, -0.25) is 9.59 Å². The molecule has 7 rings (SSSR count). The molecule has 0 bridgehead atoms. The van der Waals surface area contributed by atoms with Crippen molar-refractivity contribution >= 4 is 43.6 Å². The summed E-state index contributed by atoms with van der Waals surface area (Å²) in [5, 5.41) is 56.4. The Kier molecular flexibility index (Phi) is 6.87. The zero-order valence-electron chi connectivity index (χ0n) is 27.7. The van der Waals surface area contributed by atoms with Crippen LogP contribution in [0.5, 0.6) is 46.0 Å². The number of hydrogen-bond acceptors (Lipinski definition) is 11. The number of ether oxygens (including phenoxy) is 4. The first kappa shape index (κ1) is 31.8. The maximum Gasteiger partial charge on any atom is 0.201 e. The van der Waals surface area contributed by atoms with Gasteiger partial charge in [-0.2, -0.15) is 0 Å². The first-order valence-electron chi connectivity index (χ1n) is 15.3. The van der Waals surface area contributed by atoms with Gasteiger partial charge in [0.2, 0.25) is 10.9 Å². The van der Waals surface area contributed by atoms with Crippen molar-refractivity contribution in [2.75, 3.05) is 21.3 Å². The normalized spacial score (nSPS) is 16.0. The number of fused-ring (bicyclic) bond motifs is 6. The van der Waals surface area contributed by atoms with Gasteiger partial charge in [-0.1, -0.05) is 0 Å². The molecule has 2 aromatic heterocycles. The van der Waals surface area contributed by atoms with Crippen molar-refractivity contribution in [2.45, 2.75) is 31.5 Å². The third kappa shape index (κ3) is 4.14. The molecule has 0 unspecified atom stereocenters. The molecule has 0 radical (unpaired) electrons. The van der Waals surface area contributed by atoms with Crippen molar-refractivity contribution in [2.24, 2.45) is 14.1 Å². The smallest absolute Gasteiger partial charge is 0.201 e. The van der Waals surface area contributed by atoms with Crippen LogP contribution in [0.25, 0.3) is 43.6 Å². The highest BCUT2D eigenvalue weighted by molar-refractivity contribution is 6.04. The van der Waals surface area contributed by atoms with E-state index in [1.54, 1.807) is 29.3 Å². The highest BCUT2D eigenvalue weighted by atomic mass is 16.5. The monoisotopic (exact) mass is 670 g/mol. The van der Waals surface area contributed by atoms with Crippen molar-refractivity contribution < 1.29 is 44.5 Å². The van der Waals surface area contributed by atoms with Gasteiger partial charge >= 0.3 is 0 Å². The molecule has 13 heteroatoms. The minimum Gasteiger partial charge on any atom is -0.507 e. The molecule has 6 aromatic rings. The predicted octanol–water partition coefficient (Wildman–Crippen LogP) is 4.21. The number of phenolic OH excluding ortho intramolecular Hbond substituents is 4. The Hall–Kier alpha value is -5.82. The van der Waals surface area contributed by atoms with E-state index in [4.69, 9.17) is 18.9 Å². The molecule has 0 fully saturated rings. The van der Waals surface area contributed by atoms with Gasteiger partial charge in [0, 0.05) is 37.4 Å². The van der Waals surface area contributed by atoms with Crippen LogP contribution in [0.3, 0.4) is 0 Å². The summed E-state index contributed by atoms with van der Waals surface area (Å²) in [7, 11) is 7.39. The Labute approximate surface area is 277 Å². The first-order valence-corrected chi connectivity index (χ1v) is 15.3. The summed E-state index contributed by atoms with van der Waals surface area (Å²) in [6.07, 6.45) is -1.14. The fourth-order valence-corrected chi connectivity index (χ4v) is 7.48. The average Bonchev–Trinajstić information content (AvgIpc) is 3.43. The molecule has 0 saturated heterocycles. The largest absolute Gasteiger partial charge is 0.507 e. The van der Waals surface area contributed by atoms with E-state index >= 15 is 0 Å². The molecule has 5 N–H and O–H groups in total. The van der Waals surface area contributed by atoms with Crippen LogP contribution in [0, 0.1) is 0 Å². The van der Waals surface area contributed by atoms with E-state index < -0.39 is 34.2 Å². The molecule has 2 atom stereocenters. The molecular formula is C36H34N2O11. The number of aliphatic hydroxyl groups is 1. The van der Waals surface area contributed by atoms with Crippen molar-refractivity contribution in [1.29, 1.82) is 0 Å². The Bertz CT molecular complexity index is 2540. The molecule has 1 aliphatic heterocycles. The molecule has 0 aliphatic carbocycles. The lowest BCUT2D eigenvalue weighted by atomic mass is 9.79. The second kappa shape index (κ2) is 10.6. The second-order valence-corrected chi connectivity index (χ2v) is 12.7. The van der Waals surface area contributed by atoms with Gasteiger partial charge in [0.1, 0.15) is 29.1 Å².